The summed E-state index contributed by atoms with van der Waals surface area (Å²) in [6.45, 7) is 2.39. The zero-order valence-electron chi connectivity index (χ0n) is 16.9. The highest BCUT2D eigenvalue weighted by Crippen LogP contribution is 2.22. The maximum Gasteiger partial charge on any atom is 0.284 e. The Morgan fingerprint density at radius 2 is 1.87 bits per heavy atom. The molecule has 0 aliphatic heterocycles. The van der Waals surface area contributed by atoms with Crippen molar-refractivity contribution in [2.24, 2.45) is 0 Å². The Balaban J connectivity index is 1.94. The van der Waals surface area contributed by atoms with Crippen LogP contribution in [0.2, 0.25) is 0 Å². The number of aliphatic hydroxyl groups is 1. The molecule has 1 aromatic heterocycles. The molecular formula is C22H21F2N3O4. The van der Waals surface area contributed by atoms with Crippen molar-refractivity contribution in [1.29, 1.82) is 0 Å². The van der Waals surface area contributed by atoms with Gasteiger partial charge in [-0.1, -0.05) is 24.3 Å². The van der Waals surface area contributed by atoms with E-state index in [9.17, 15) is 23.5 Å². The zero-order valence-corrected chi connectivity index (χ0v) is 16.9. The number of halogens is 2. The number of carbonyl (C=O) groups is 1. The van der Waals surface area contributed by atoms with Crippen molar-refractivity contribution in [1.82, 2.24) is 9.78 Å². The summed E-state index contributed by atoms with van der Waals surface area (Å²) in [5.41, 5.74) is 0.744. The first-order chi connectivity index (χ1) is 14.8. The number of aromatic nitrogens is 2. The van der Waals surface area contributed by atoms with Crippen LogP contribution in [0.15, 0.2) is 59.4 Å². The number of ether oxygens (including phenoxy) is 1. The minimum absolute atomic E-state index is 0.0445. The molecule has 1 unspecified atom stereocenters. The highest BCUT2D eigenvalue weighted by atomic mass is 19.3. The van der Waals surface area contributed by atoms with Crippen molar-refractivity contribution in [3.05, 3.63) is 81.8 Å². The van der Waals surface area contributed by atoms with E-state index in [4.69, 9.17) is 4.74 Å². The molecule has 1 heterocycles. The van der Waals surface area contributed by atoms with Crippen molar-refractivity contribution < 1.29 is 23.4 Å². The number of amides is 1. The van der Waals surface area contributed by atoms with Crippen molar-refractivity contribution in [3.8, 4) is 11.4 Å². The molecule has 9 heteroatoms. The van der Waals surface area contributed by atoms with Gasteiger partial charge in [-0.2, -0.15) is 9.78 Å². The van der Waals surface area contributed by atoms with Crippen molar-refractivity contribution in [2.45, 2.75) is 26.4 Å². The predicted molar refractivity (Wildman–Crippen MR) is 111 cm³/mol. The second-order valence-electron chi connectivity index (χ2n) is 6.84. The molecular weight excluding hydrogens is 408 g/mol. The summed E-state index contributed by atoms with van der Waals surface area (Å²) in [5.74, 6) is -0.608. The van der Waals surface area contributed by atoms with Gasteiger partial charge in [-0.25, -0.2) is 8.78 Å². The molecule has 3 rings (SSSR count). The Labute approximate surface area is 176 Å². The van der Waals surface area contributed by atoms with Crippen LogP contribution in [-0.4, -0.2) is 33.8 Å². The van der Waals surface area contributed by atoms with Gasteiger partial charge in [-0.3, -0.25) is 9.59 Å². The smallest absolute Gasteiger partial charge is 0.284 e. The molecule has 162 valence electrons. The largest absolute Gasteiger partial charge is 0.485 e. The highest BCUT2D eigenvalue weighted by molar-refractivity contribution is 6.04. The molecule has 2 aromatic carbocycles. The van der Waals surface area contributed by atoms with Gasteiger partial charge in [0.15, 0.2) is 0 Å². The number of rotatable bonds is 7. The van der Waals surface area contributed by atoms with E-state index in [1.807, 2.05) is 0 Å². The lowest BCUT2D eigenvalue weighted by Gasteiger charge is -2.14. The van der Waals surface area contributed by atoms with Crippen LogP contribution in [-0.2, 0) is 0 Å². The molecule has 1 atom stereocenters. The number of aryl methyl sites for hydroxylation is 1. The molecule has 0 fully saturated rings. The SMILES string of the molecule is Cc1cc(C(=O)Nc2ccc(C(C)O)cc2)c(=O)n(-c2ccccc2OCC(F)F)n1. The van der Waals surface area contributed by atoms with Gasteiger partial charge >= 0.3 is 0 Å². The van der Waals surface area contributed by atoms with Gasteiger partial charge in [-0.15, -0.1) is 0 Å². The van der Waals surface area contributed by atoms with Crippen molar-refractivity contribution in [2.75, 3.05) is 11.9 Å². The Kier molecular flexibility index (Phi) is 6.76. The first-order valence-corrected chi connectivity index (χ1v) is 9.47. The quantitative estimate of drug-likeness (QED) is 0.600. The number of alkyl halides is 2. The lowest BCUT2D eigenvalue weighted by Crippen LogP contribution is -2.31. The number of anilines is 1. The van der Waals surface area contributed by atoms with E-state index in [0.29, 0.717) is 16.9 Å². The number of hydrogen-bond donors (Lipinski definition) is 2. The van der Waals surface area contributed by atoms with E-state index in [2.05, 4.69) is 10.4 Å². The fourth-order valence-electron chi connectivity index (χ4n) is 2.89. The van der Waals surface area contributed by atoms with Crippen LogP contribution in [0.25, 0.3) is 5.69 Å². The maximum atomic E-state index is 13.0. The topological polar surface area (TPSA) is 93.5 Å². The maximum absolute atomic E-state index is 13.0. The van der Waals surface area contributed by atoms with Crippen molar-refractivity contribution >= 4 is 11.6 Å². The third kappa shape index (κ3) is 5.32. The molecule has 31 heavy (non-hydrogen) atoms. The number of nitrogens with zero attached hydrogens (tertiary/aromatic N) is 2. The van der Waals surface area contributed by atoms with Gasteiger partial charge in [0.25, 0.3) is 17.9 Å². The molecule has 0 saturated heterocycles. The molecule has 0 radical (unpaired) electrons. The molecule has 0 spiro atoms. The lowest BCUT2D eigenvalue weighted by atomic mass is 10.1. The van der Waals surface area contributed by atoms with E-state index in [1.165, 1.54) is 18.2 Å². The molecule has 7 nitrogen and oxygen atoms in total. The Bertz CT molecular complexity index is 1130. The second-order valence-corrected chi connectivity index (χ2v) is 6.84. The standard InChI is InChI=1S/C22H21F2N3O4/c1-13-11-17(21(29)25-16-9-7-15(8-10-16)14(2)28)22(30)27(26-13)18-5-3-4-6-19(18)31-12-20(23)24/h3-11,14,20,28H,12H2,1-2H3,(H,25,29). The van der Waals surface area contributed by atoms with Crippen molar-refractivity contribution in [3.63, 3.8) is 0 Å². The van der Waals surface area contributed by atoms with Crippen LogP contribution < -0.4 is 15.6 Å². The first-order valence-electron chi connectivity index (χ1n) is 9.47. The number of para-hydroxylation sites is 2. The minimum Gasteiger partial charge on any atom is -0.485 e. The van der Waals surface area contributed by atoms with Crippen LogP contribution in [0.5, 0.6) is 5.75 Å². The summed E-state index contributed by atoms with van der Waals surface area (Å²) in [6, 6.07) is 14.0. The summed E-state index contributed by atoms with van der Waals surface area (Å²) in [7, 11) is 0. The van der Waals surface area contributed by atoms with Gasteiger partial charge < -0.3 is 15.2 Å². The highest BCUT2D eigenvalue weighted by Gasteiger charge is 2.18. The molecule has 1 amide bonds. The number of nitrogens with one attached hydrogen (secondary N) is 1. The minimum atomic E-state index is -2.68. The Morgan fingerprint density at radius 3 is 2.52 bits per heavy atom. The monoisotopic (exact) mass is 429 g/mol. The summed E-state index contributed by atoms with van der Waals surface area (Å²) in [6.07, 6.45) is -3.33. The lowest BCUT2D eigenvalue weighted by molar-refractivity contribution is 0.0818. The van der Waals surface area contributed by atoms with Crippen LogP contribution in [0.1, 0.15) is 34.6 Å². The predicted octanol–water partition coefficient (Wildman–Crippen LogP) is 3.49. The Hall–Kier alpha value is -3.59. The molecule has 3 aromatic rings. The fourth-order valence-corrected chi connectivity index (χ4v) is 2.89. The molecule has 0 bridgehead atoms. The second kappa shape index (κ2) is 9.48. The van der Waals surface area contributed by atoms with Gasteiger partial charge in [0.1, 0.15) is 23.6 Å². The van der Waals surface area contributed by atoms with Crippen LogP contribution >= 0.6 is 0 Å². The summed E-state index contributed by atoms with van der Waals surface area (Å²) >= 11 is 0. The number of hydrogen-bond acceptors (Lipinski definition) is 5. The van der Waals surface area contributed by atoms with E-state index >= 15 is 0 Å². The zero-order chi connectivity index (χ0) is 22.5. The summed E-state index contributed by atoms with van der Waals surface area (Å²) in [5, 5.41) is 16.4. The van der Waals surface area contributed by atoms with Crippen LogP contribution in [0.3, 0.4) is 0 Å². The van der Waals surface area contributed by atoms with Gasteiger partial charge in [-0.05, 0) is 49.7 Å². The van der Waals surface area contributed by atoms with E-state index in [-0.39, 0.29) is 17.0 Å². The first kappa shape index (κ1) is 22.1. The van der Waals surface area contributed by atoms with Gasteiger partial charge in [0.2, 0.25) is 0 Å². The van der Waals surface area contributed by atoms with E-state index in [1.54, 1.807) is 50.2 Å². The average molecular weight is 429 g/mol. The normalized spacial score (nSPS) is 11.9. The van der Waals surface area contributed by atoms with E-state index < -0.39 is 30.6 Å². The molecule has 0 aliphatic rings. The number of aliphatic hydroxyl groups excluding tert-OH is 1. The number of benzene rings is 2. The number of carbonyl (C=O) groups excluding carboxylic acids is 1. The van der Waals surface area contributed by atoms with Gasteiger partial charge in [0.05, 0.1) is 11.8 Å². The van der Waals surface area contributed by atoms with Crippen LogP contribution in [0, 0.1) is 6.92 Å². The Morgan fingerprint density at radius 1 is 1.19 bits per heavy atom. The van der Waals surface area contributed by atoms with Crippen LogP contribution in [0.4, 0.5) is 14.5 Å². The van der Waals surface area contributed by atoms with E-state index in [0.717, 1.165) is 4.68 Å². The third-order valence-corrected chi connectivity index (χ3v) is 4.39. The fraction of sp³-hybridized carbons (Fsp3) is 0.227. The molecule has 0 aliphatic carbocycles. The average Bonchev–Trinajstić information content (AvgIpc) is 2.74. The molecule has 0 saturated carbocycles. The third-order valence-electron chi connectivity index (χ3n) is 4.39. The molecule has 2 N–H and O–H groups in total. The summed E-state index contributed by atoms with van der Waals surface area (Å²) < 4.78 is 31.2. The van der Waals surface area contributed by atoms with Gasteiger partial charge in [0, 0.05) is 5.69 Å². The summed E-state index contributed by atoms with van der Waals surface area (Å²) in [4.78, 5) is 25.7.